The van der Waals surface area contributed by atoms with Gasteiger partial charge in [-0.1, -0.05) is 13.8 Å². The van der Waals surface area contributed by atoms with Gasteiger partial charge in [0.1, 0.15) is 0 Å². The first-order chi connectivity index (χ1) is 11.7. The summed E-state index contributed by atoms with van der Waals surface area (Å²) in [6.07, 6.45) is 2.08. The lowest BCUT2D eigenvalue weighted by Crippen LogP contribution is -2.33. The number of hydrogen-bond acceptors (Lipinski definition) is 4. The second kappa shape index (κ2) is 7.97. The first-order valence-electron chi connectivity index (χ1n) is 8.34. The second-order valence-corrected chi connectivity index (χ2v) is 8.50. The number of anilines is 1. The van der Waals surface area contributed by atoms with Crippen LogP contribution < -0.4 is 10.0 Å². The molecule has 1 aromatic carbocycles. The smallest absolute Gasteiger partial charge is 0.307 e. The second-order valence-electron chi connectivity index (χ2n) is 6.74. The SMILES string of the molecule is CC(C)CC(CNS(=O)(=O)c1ccc2c(c1)CCCC(=O)N2)C(=O)O. The molecule has 0 aromatic heterocycles. The van der Waals surface area contributed by atoms with Gasteiger partial charge in [0, 0.05) is 18.7 Å². The van der Waals surface area contributed by atoms with Crippen LogP contribution >= 0.6 is 0 Å². The maximum Gasteiger partial charge on any atom is 0.307 e. The summed E-state index contributed by atoms with van der Waals surface area (Å²) < 4.78 is 27.4. The number of sulfonamides is 1. The largest absolute Gasteiger partial charge is 0.481 e. The lowest BCUT2D eigenvalue weighted by atomic mass is 9.98. The third-order valence-electron chi connectivity index (χ3n) is 4.14. The average Bonchev–Trinajstić information content (AvgIpc) is 2.70. The Morgan fingerprint density at radius 2 is 2.04 bits per heavy atom. The van der Waals surface area contributed by atoms with E-state index in [0.29, 0.717) is 31.4 Å². The van der Waals surface area contributed by atoms with Gasteiger partial charge in [-0.15, -0.1) is 0 Å². The summed E-state index contributed by atoms with van der Waals surface area (Å²) in [4.78, 5) is 22.9. The molecule has 1 aliphatic rings. The van der Waals surface area contributed by atoms with Gasteiger partial charge in [0.05, 0.1) is 10.8 Å². The van der Waals surface area contributed by atoms with Gasteiger partial charge in [0.25, 0.3) is 0 Å². The standard InChI is InChI=1S/C17H24N2O5S/c1-11(2)8-13(17(21)22)10-18-25(23,24)14-6-7-15-12(9-14)4-3-5-16(20)19-15/h6-7,9,11,13,18H,3-5,8,10H2,1-2H3,(H,19,20)(H,21,22). The number of hydrogen-bond donors (Lipinski definition) is 3. The predicted molar refractivity (Wildman–Crippen MR) is 93.8 cm³/mol. The molecule has 2 rings (SSSR count). The van der Waals surface area contributed by atoms with Crippen molar-refractivity contribution in [2.24, 2.45) is 11.8 Å². The van der Waals surface area contributed by atoms with Crippen molar-refractivity contribution in [2.75, 3.05) is 11.9 Å². The van der Waals surface area contributed by atoms with Crippen LogP contribution in [0.15, 0.2) is 23.1 Å². The number of fused-ring (bicyclic) bond motifs is 1. The van der Waals surface area contributed by atoms with Gasteiger partial charge in [-0.2, -0.15) is 0 Å². The van der Waals surface area contributed by atoms with Crippen LogP contribution in [0.4, 0.5) is 5.69 Å². The molecule has 0 spiro atoms. The van der Waals surface area contributed by atoms with Crippen molar-refractivity contribution < 1.29 is 23.1 Å². The Bertz CT molecular complexity index is 758. The number of amides is 1. The summed E-state index contributed by atoms with van der Waals surface area (Å²) >= 11 is 0. The molecule has 0 fully saturated rings. The Labute approximate surface area is 147 Å². The number of rotatable bonds is 7. The van der Waals surface area contributed by atoms with E-state index in [0.717, 1.165) is 5.56 Å². The Hall–Kier alpha value is -1.93. The minimum atomic E-state index is -3.81. The molecule has 1 aromatic rings. The van der Waals surface area contributed by atoms with Gasteiger partial charge in [-0.3, -0.25) is 9.59 Å². The number of aliphatic carboxylic acids is 1. The highest BCUT2D eigenvalue weighted by atomic mass is 32.2. The number of carbonyl (C=O) groups is 2. The minimum absolute atomic E-state index is 0.0783. The van der Waals surface area contributed by atoms with Gasteiger partial charge >= 0.3 is 5.97 Å². The lowest BCUT2D eigenvalue weighted by molar-refractivity contribution is -0.142. The molecule has 0 bridgehead atoms. The van der Waals surface area contributed by atoms with E-state index in [-0.39, 0.29) is 23.3 Å². The first-order valence-corrected chi connectivity index (χ1v) is 9.82. The Kier molecular flexibility index (Phi) is 6.18. The van der Waals surface area contributed by atoms with Crippen molar-refractivity contribution in [1.29, 1.82) is 0 Å². The van der Waals surface area contributed by atoms with E-state index < -0.39 is 21.9 Å². The quantitative estimate of drug-likeness (QED) is 0.681. The summed E-state index contributed by atoms with van der Waals surface area (Å²) in [5.41, 5.74) is 1.40. The molecule has 1 heterocycles. The Morgan fingerprint density at radius 3 is 2.68 bits per heavy atom. The van der Waals surface area contributed by atoms with Gasteiger partial charge in [0.2, 0.25) is 15.9 Å². The van der Waals surface area contributed by atoms with Crippen molar-refractivity contribution in [3.05, 3.63) is 23.8 Å². The third kappa shape index (κ3) is 5.27. The molecule has 0 saturated carbocycles. The zero-order valence-corrected chi connectivity index (χ0v) is 15.2. The number of carboxylic acid groups (broad SMARTS) is 1. The van der Waals surface area contributed by atoms with E-state index in [1.807, 2.05) is 13.8 Å². The molecule has 3 N–H and O–H groups in total. The number of carboxylic acids is 1. The first kappa shape index (κ1) is 19.4. The molecule has 1 atom stereocenters. The van der Waals surface area contributed by atoms with E-state index >= 15 is 0 Å². The number of aryl methyl sites for hydroxylation is 1. The molecule has 25 heavy (non-hydrogen) atoms. The molecular formula is C17H24N2O5S. The van der Waals surface area contributed by atoms with Crippen LogP contribution in [-0.2, 0) is 26.0 Å². The number of nitrogens with one attached hydrogen (secondary N) is 2. The van der Waals surface area contributed by atoms with Crippen LogP contribution in [0.5, 0.6) is 0 Å². The molecule has 1 aliphatic heterocycles. The fraction of sp³-hybridized carbons (Fsp3) is 0.529. The zero-order chi connectivity index (χ0) is 18.6. The van der Waals surface area contributed by atoms with Crippen molar-refractivity contribution in [2.45, 2.75) is 44.4 Å². The van der Waals surface area contributed by atoms with Crippen LogP contribution in [0.25, 0.3) is 0 Å². The Morgan fingerprint density at radius 1 is 1.32 bits per heavy atom. The Balaban J connectivity index is 2.15. The van der Waals surface area contributed by atoms with E-state index in [9.17, 15) is 23.1 Å². The molecular weight excluding hydrogens is 344 g/mol. The fourth-order valence-electron chi connectivity index (χ4n) is 2.85. The van der Waals surface area contributed by atoms with Gasteiger partial charge < -0.3 is 10.4 Å². The summed E-state index contributed by atoms with van der Waals surface area (Å²) in [7, 11) is -3.81. The lowest BCUT2D eigenvalue weighted by Gasteiger charge is -2.16. The summed E-state index contributed by atoms with van der Waals surface area (Å²) in [6.45, 7) is 3.64. The number of carbonyl (C=O) groups excluding carboxylic acids is 1. The predicted octanol–water partition coefficient (Wildman–Crippen LogP) is 1.99. The van der Waals surface area contributed by atoms with Crippen LogP contribution in [0.2, 0.25) is 0 Å². The molecule has 1 unspecified atom stereocenters. The van der Waals surface area contributed by atoms with Crippen molar-refractivity contribution in [3.63, 3.8) is 0 Å². The van der Waals surface area contributed by atoms with Crippen LogP contribution in [-0.4, -0.2) is 31.9 Å². The van der Waals surface area contributed by atoms with Gasteiger partial charge in [-0.05, 0) is 48.9 Å². The molecule has 0 radical (unpaired) electrons. The van der Waals surface area contributed by atoms with Crippen LogP contribution in [0.3, 0.4) is 0 Å². The summed E-state index contributed by atoms with van der Waals surface area (Å²) in [5.74, 6) is -1.71. The highest BCUT2D eigenvalue weighted by Gasteiger charge is 2.23. The van der Waals surface area contributed by atoms with E-state index in [4.69, 9.17) is 0 Å². The fourth-order valence-corrected chi connectivity index (χ4v) is 3.98. The van der Waals surface area contributed by atoms with Crippen molar-refractivity contribution in [3.8, 4) is 0 Å². The van der Waals surface area contributed by atoms with Crippen molar-refractivity contribution in [1.82, 2.24) is 4.72 Å². The maximum absolute atomic E-state index is 12.5. The molecule has 1 amide bonds. The highest BCUT2D eigenvalue weighted by Crippen LogP contribution is 2.25. The van der Waals surface area contributed by atoms with Crippen LogP contribution in [0, 0.1) is 11.8 Å². The molecule has 7 nitrogen and oxygen atoms in total. The zero-order valence-electron chi connectivity index (χ0n) is 14.4. The van der Waals surface area contributed by atoms with Gasteiger partial charge in [-0.25, -0.2) is 13.1 Å². The molecule has 8 heteroatoms. The van der Waals surface area contributed by atoms with Crippen LogP contribution in [0.1, 0.15) is 38.7 Å². The summed E-state index contributed by atoms with van der Waals surface area (Å²) in [5, 5.41) is 12.0. The van der Waals surface area contributed by atoms with E-state index in [2.05, 4.69) is 10.0 Å². The topological polar surface area (TPSA) is 113 Å². The van der Waals surface area contributed by atoms with E-state index in [1.54, 1.807) is 12.1 Å². The highest BCUT2D eigenvalue weighted by molar-refractivity contribution is 7.89. The van der Waals surface area contributed by atoms with Crippen molar-refractivity contribution >= 4 is 27.6 Å². The molecule has 138 valence electrons. The number of benzene rings is 1. The monoisotopic (exact) mass is 368 g/mol. The molecule has 0 saturated heterocycles. The average molecular weight is 368 g/mol. The third-order valence-corrected chi connectivity index (χ3v) is 5.56. The normalized spacial score (nSPS) is 16.0. The van der Waals surface area contributed by atoms with Gasteiger partial charge in [0.15, 0.2) is 0 Å². The maximum atomic E-state index is 12.5. The van der Waals surface area contributed by atoms with E-state index in [1.165, 1.54) is 6.07 Å². The summed E-state index contributed by atoms with van der Waals surface area (Å²) in [6, 6.07) is 4.54. The minimum Gasteiger partial charge on any atom is -0.481 e. The molecule has 0 aliphatic carbocycles.